The molecule has 0 fully saturated rings. The first-order chi connectivity index (χ1) is 11.6. The molecule has 1 amide bonds. The van der Waals surface area contributed by atoms with Gasteiger partial charge in [0.1, 0.15) is 0 Å². The van der Waals surface area contributed by atoms with E-state index in [1.807, 2.05) is 37.3 Å². The molecule has 0 aliphatic rings. The molecule has 6 heteroatoms. The highest BCUT2D eigenvalue weighted by Gasteiger charge is 2.13. The number of carbonyl (C=O) groups excluding carboxylic acids is 1. The van der Waals surface area contributed by atoms with Crippen LogP contribution in [-0.4, -0.2) is 10.9 Å². The first kappa shape index (κ1) is 16.4. The van der Waals surface area contributed by atoms with Crippen LogP contribution >= 0.6 is 27.3 Å². The van der Waals surface area contributed by atoms with Gasteiger partial charge in [-0.1, -0.05) is 34.1 Å². The lowest BCUT2D eigenvalue weighted by atomic mass is 10.1. The Morgan fingerprint density at radius 1 is 1.25 bits per heavy atom. The van der Waals surface area contributed by atoms with Crippen LogP contribution in [0.3, 0.4) is 0 Å². The summed E-state index contributed by atoms with van der Waals surface area (Å²) in [6.45, 7) is 1.97. The second-order valence-corrected chi connectivity index (χ2v) is 7.20. The molecule has 1 heterocycles. The number of aromatic nitrogens is 1. The third kappa shape index (κ3) is 3.53. The average Bonchev–Trinajstić information content (AvgIpc) is 2.96. The number of nitrogens with one attached hydrogen (secondary N) is 1. The lowest BCUT2D eigenvalue weighted by Gasteiger charge is -2.02. The number of amides is 1. The summed E-state index contributed by atoms with van der Waals surface area (Å²) in [5.74, 6) is -0.275. The Morgan fingerprint density at radius 2 is 2.00 bits per heavy atom. The van der Waals surface area contributed by atoms with E-state index in [0.29, 0.717) is 16.3 Å². The predicted octanol–water partition coefficient (Wildman–Crippen LogP) is 5.01. The van der Waals surface area contributed by atoms with E-state index in [1.165, 1.54) is 11.3 Å². The molecular formula is C18H12BrN3OS. The van der Waals surface area contributed by atoms with Crippen molar-refractivity contribution < 1.29 is 4.79 Å². The summed E-state index contributed by atoms with van der Waals surface area (Å²) in [4.78, 5) is 17.9. The van der Waals surface area contributed by atoms with Gasteiger partial charge in [0.2, 0.25) is 0 Å². The molecule has 1 aromatic heterocycles. The molecule has 0 atom stereocenters. The molecule has 0 aliphatic carbocycles. The van der Waals surface area contributed by atoms with Gasteiger partial charge >= 0.3 is 0 Å². The molecule has 0 spiro atoms. The fourth-order valence-electron chi connectivity index (χ4n) is 2.22. The Balaban J connectivity index is 1.83. The third-order valence-corrected chi connectivity index (χ3v) is 4.80. The molecule has 0 radical (unpaired) electrons. The number of carbonyl (C=O) groups is 1. The number of nitriles is 1. The van der Waals surface area contributed by atoms with Crippen LogP contribution in [0, 0.1) is 18.3 Å². The molecule has 0 aliphatic heterocycles. The molecule has 0 saturated carbocycles. The van der Waals surface area contributed by atoms with Crippen molar-refractivity contribution >= 4 is 38.3 Å². The van der Waals surface area contributed by atoms with E-state index in [4.69, 9.17) is 5.26 Å². The number of hydrogen-bond donors (Lipinski definition) is 1. The summed E-state index contributed by atoms with van der Waals surface area (Å²) >= 11 is 4.84. The minimum absolute atomic E-state index is 0.275. The number of anilines is 1. The van der Waals surface area contributed by atoms with Gasteiger partial charge in [-0.2, -0.15) is 5.26 Å². The van der Waals surface area contributed by atoms with Gasteiger partial charge in [-0.3, -0.25) is 10.1 Å². The molecule has 118 valence electrons. The number of nitrogens with zero attached hydrogens (tertiary/aromatic N) is 2. The highest BCUT2D eigenvalue weighted by molar-refractivity contribution is 9.10. The van der Waals surface area contributed by atoms with Crippen molar-refractivity contribution in [3.8, 4) is 17.3 Å². The normalized spacial score (nSPS) is 10.2. The SMILES string of the molecule is Cc1sc(NC(=O)c2cccc(C#N)c2)nc1-c1ccc(Br)cc1. The predicted molar refractivity (Wildman–Crippen MR) is 99.1 cm³/mol. The zero-order valence-corrected chi connectivity index (χ0v) is 15.1. The Morgan fingerprint density at radius 3 is 2.71 bits per heavy atom. The van der Waals surface area contributed by atoms with Gasteiger partial charge in [0, 0.05) is 20.5 Å². The number of hydrogen-bond acceptors (Lipinski definition) is 4. The Bertz CT molecular complexity index is 942. The van der Waals surface area contributed by atoms with Crippen LogP contribution in [-0.2, 0) is 0 Å². The van der Waals surface area contributed by atoms with Gasteiger partial charge < -0.3 is 0 Å². The van der Waals surface area contributed by atoms with Crippen molar-refractivity contribution in [2.24, 2.45) is 0 Å². The van der Waals surface area contributed by atoms with Crippen LogP contribution < -0.4 is 5.32 Å². The molecule has 4 nitrogen and oxygen atoms in total. The Labute approximate surface area is 151 Å². The minimum atomic E-state index is -0.275. The first-order valence-electron chi connectivity index (χ1n) is 7.11. The first-order valence-corrected chi connectivity index (χ1v) is 8.72. The summed E-state index contributed by atoms with van der Waals surface area (Å²) in [6, 6.07) is 16.5. The molecular weight excluding hydrogens is 386 g/mol. The fraction of sp³-hybridized carbons (Fsp3) is 0.0556. The van der Waals surface area contributed by atoms with E-state index >= 15 is 0 Å². The number of thiazole rings is 1. The van der Waals surface area contributed by atoms with Crippen LogP contribution in [0.5, 0.6) is 0 Å². The van der Waals surface area contributed by atoms with E-state index in [-0.39, 0.29) is 5.91 Å². The van der Waals surface area contributed by atoms with E-state index in [0.717, 1.165) is 20.6 Å². The molecule has 3 rings (SSSR count). The topological polar surface area (TPSA) is 65.8 Å². The van der Waals surface area contributed by atoms with Gasteiger partial charge in [-0.25, -0.2) is 4.98 Å². The maximum Gasteiger partial charge on any atom is 0.257 e. The maximum atomic E-state index is 12.3. The summed E-state index contributed by atoms with van der Waals surface area (Å²) in [7, 11) is 0. The molecule has 1 N–H and O–H groups in total. The number of aryl methyl sites for hydroxylation is 1. The summed E-state index contributed by atoms with van der Waals surface area (Å²) < 4.78 is 1.00. The summed E-state index contributed by atoms with van der Waals surface area (Å²) in [6.07, 6.45) is 0. The highest BCUT2D eigenvalue weighted by Crippen LogP contribution is 2.31. The monoisotopic (exact) mass is 397 g/mol. The smallest absolute Gasteiger partial charge is 0.257 e. The Kier molecular flexibility index (Phi) is 4.74. The van der Waals surface area contributed by atoms with Crippen LogP contribution in [0.4, 0.5) is 5.13 Å². The van der Waals surface area contributed by atoms with E-state index in [2.05, 4.69) is 26.2 Å². The fourth-order valence-corrected chi connectivity index (χ4v) is 3.32. The Hall–Kier alpha value is -2.49. The van der Waals surface area contributed by atoms with Gasteiger partial charge in [0.15, 0.2) is 5.13 Å². The van der Waals surface area contributed by atoms with E-state index < -0.39 is 0 Å². The molecule has 2 aromatic carbocycles. The number of benzene rings is 2. The lowest BCUT2D eigenvalue weighted by Crippen LogP contribution is -2.11. The van der Waals surface area contributed by atoms with E-state index in [9.17, 15) is 4.79 Å². The van der Waals surface area contributed by atoms with Gasteiger partial charge in [-0.15, -0.1) is 11.3 Å². The highest BCUT2D eigenvalue weighted by atomic mass is 79.9. The third-order valence-electron chi connectivity index (χ3n) is 3.39. The zero-order valence-electron chi connectivity index (χ0n) is 12.7. The van der Waals surface area contributed by atoms with Crippen LogP contribution in [0.1, 0.15) is 20.8 Å². The van der Waals surface area contributed by atoms with E-state index in [1.54, 1.807) is 24.3 Å². The second kappa shape index (κ2) is 6.95. The summed E-state index contributed by atoms with van der Waals surface area (Å²) in [5, 5.41) is 12.3. The summed E-state index contributed by atoms with van der Waals surface area (Å²) in [5.41, 5.74) is 2.74. The maximum absolute atomic E-state index is 12.3. The van der Waals surface area contributed by atoms with Crippen molar-refractivity contribution in [2.45, 2.75) is 6.92 Å². The van der Waals surface area contributed by atoms with Crippen molar-refractivity contribution in [2.75, 3.05) is 5.32 Å². The van der Waals surface area contributed by atoms with Crippen molar-refractivity contribution in [1.82, 2.24) is 4.98 Å². The quantitative estimate of drug-likeness (QED) is 0.675. The van der Waals surface area contributed by atoms with Crippen molar-refractivity contribution in [1.29, 1.82) is 5.26 Å². The van der Waals surface area contributed by atoms with Crippen LogP contribution in [0.2, 0.25) is 0 Å². The molecule has 24 heavy (non-hydrogen) atoms. The molecule has 0 saturated heterocycles. The lowest BCUT2D eigenvalue weighted by molar-refractivity contribution is 0.102. The standard InChI is InChI=1S/C18H12BrN3OS/c1-11-16(13-5-7-15(19)8-6-13)21-18(24-11)22-17(23)14-4-2-3-12(9-14)10-20/h2-9H,1H3,(H,21,22,23). The number of rotatable bonds is 3. The molecule has 0 bridgehead atoms. The molecule has 0 unspecified atom stereocenters. The largest absolute Gasteiger partial charge is 0.298 e. The van der Waals surface area contributed by atoms with Crippen LogP contribution in [0.25, 0.3) is 11.3 Å². The van der Waals surface area contributed by atoms with Gasteiger partial charge in [0.05, 0.1) is 17.3 Å². The van der Waals surface area contributed by atoms with Crippen LogP contribution in [0.15, 0.2) is 53.0 Å². The molecule has 3 aromatic rings. The van der Waals surface area contributed by atoms with Crippen molar-refractivity contribution in [3.05, 3.63) is 69.0 Å². The van der Waals surface area contributed by atoms with Gasteiger partial charge in [-0.05, 0) is 37.3 Å². The second-order valence-electron chi connectivity index (χ2n) is 5.08. The average molecular weight is 398 g/mol. The van der Waals surface area contributed by atoms with Gasteiger partial charge in [0.25, 0.3) is 5.91 Å². The number of halogens is 1. The zero-order chi connectivity index (χ0) is 17.1. The van der Waals surface area contributed by atoms with Crippen molar-refractivity contribution in [3.63, 3.8) is 0 Å². The minimum Gasteiger partial charge on any atom is -0.298 e.